The minimum atomic E-state index is -0.463. The first-order valence-corrected chi connectivity index (χ1v) is 3.85. The van der Waals surface area contributed by atoms with Crippen molar-refractivity contribution in [3.8, 4) is 0 Å². The summed E-state index contributed by atoms with van der Waals surface area (Å²) in [5.41, 5.74) is 0.836. The summed E-state index contributed by atoms with van der Waals surface area (Å²) in [5, 5.41) is 10.3. The SMILES string of the molecule is CC(C=O)c1ccc([N+](=O)[O-])cc1. The molecule has 1 atom stereocenters. The summed E-state index contributed by atoms with van der Waals surface area (Å²) < 4.78 is 0. The number of non-ortho nitro benzene ring substituents is 1. The summed E-state index contributed by atoms with van der Waals surface area (Å²) in [5.74, 6) is -0.208. The normalized spacial score (nSPS) is 12.1. The minimum Gasteiger partial charge on any atom is -0.303 e. The highest BCUT2D eigenvalue weighted by Crippen LogP contribution is 2.17. The molecule has 0 spiro atoms. The van der Waals surface area contributed by atoms with Gasteiger partial charge in [0.15, 0.2) is 0 Å². The number of carbonyl (C=O) groups is 1. The Hall–Kier alpha value is -1.71. The quantitative estimate of drug-likeness (QED) is 0.404. The predicted molar refractivity (Wildman–Crippen MR) is 47.6 cm³/mol. The van der Waals surface area contributed by atoms with E-state index in [0.29, 0.717) is 0 Å². The van der Waals surface area contributed by atoms with Crippen LogP contribution in [0.15, 0.2) is 24.3 Å². The zero-order valence-electron chi connectivity index (χ0n) is 7.14. The largest absolute Gasteiger partial charge is 0.303 e. The monoisotopic (exact) mass is 179 g/mol. The van der Waals surface area contributed by atoms with Crippen LogP contribution < -0.4 is 0 Å². The zero-order valence-corrected chi connectivity index (χ0v) is 7.14. The van der Waals surface area contributed by atoms with Crippen molar-refractivity contribution in [2.45, 2.75) is 12.8 Å². The molecule has 0 saturated heterocycles. The third-order valence-corrected chi connectivity index (χ3v) is 1.83. The topological polar surface area (TPSA) is 60.2 Å². The number of nitrogens with zero attached hydrogens (tertiary/aromatic N) is 1. The summed E-state index contributed by atoms with van der Waals surface area (Å²) in [6.45, 7) is 1.74. The lowest BCUT2D eigenvalue weighted by atomic mass is 10.0. The van der Waals surface area contributed by atoms with Gasteiger partial charge in [-0.1, -0.05) is 19.1 Å². The molecule has 0 saturated carbocycles. The summed E-state index contributed by atoms with van der Waals surface area (Å²) >= 11 is 0. The van der Waals surface area contributed by atoms with Gasteiger partial charge < -0.3 is 4.79 Å². The molecular weight excluding hydrogens is 170 g/mol. The number of rotatable bonds is 3. The molecule has 1 rings (SSSR count). The molecule has 0 bridgehead atoms. The molecule has 0 N–H and O–H groups in total. The fraction of sp³-hybridized carbons (Fsp3) is 0.222. The molecule has 0 aliphatic carbocycles. The third kappa shape index (κ3) is 2.11. The maximum Gasteiger partial charge on any atom is 0.269 e. The molecule has 68 valence electrons. The van der Waals surface area contributed by atoms with Crippen LogP contribution in [0.1, 0.15) is 18.4 Å². The van der Waals surface area contributed by atoms with Crippen molar-refractivity contribution < 1.29 is 9.72 Å². The van der Waals surface area contributed by atoms with Crippen LogP contribution in [0.2, 0.25) is 0 Å². The van der Waals surface area contributed by atoms with Gasteiger partial charge in [-0.15, -0.1) is 0 Å². The fourth-order valence-corrected chi connectivity index (χ4v) is 0.978. The van der Waals surface area contributed by atoms with Gasteiger partial charge in [0.25, 0.3) is 5.69 Å². The molecule has 0 heterocycles. The number of hydrogen-bond donors (Lipinski definition) is 0. The van der Waals surface area contributed by atoms with Crippen LogP contribution in [-0.2, 0) is 4.79 Å². The molecular formula is C9H9NO3. The van der Waals surface area contributed by atoms with E-state index in [9.17, 15) is 14.9 Å². The molecule has 0 aliphatic heterocycles. The maximum absolute atomic E-state index is 10.4. The predicted octanol–water partition coefficient (Wildman–Crippen LogP) is 1.90. The highest BCUT2D eigenvalue weighted by Gasteiger charge is 2.07. The molecule has 4 heteroatoms. The van der Waals surface area contributed by atoms with Gasteiger partial charge in [-0.3, -0.25) is 10.1 Å². The average molecular weight is 179 g/mol. The molecule has 0 amide bonds. The van der Waals surface area contributed by atoms with Crippen molar-refractivity contribution in [2.24, 2.45) is 0 Å². The number of nitro benzene ring substituents is 1. The van der Waals surface area contributed by atoms with Gasteiger partial charge in [-0.05, 0) is 5.56 Å². The van der Waals surface area contributed by atoms with Crippen molar-refractivity contribution in [2.75, 3.05) is 0 Å². The van der Waals surface area contributed by atoms with E-state index in [4.69, 9.17) is 0 Å². The maximum atomic E-state index is 10.4. The third-order valence-electron chi connectivity index (χ3n) is 1.83. The molecule has 1 aromatic carbocycles. The summed E-state index contributed by atoms with van der Waals surface area (Å²) in [6, 6.07) is 5.99. The Morgan fingerprint density at radius 2 is 1.92 bits per heavy atom. The van der Waals surface area contributed by atoms with Crippen LogP contribution in [0.3, 0.4) is 0 Å². The van der Waals surface area contributed by atoms with Crippen LogP contribution >= 0.6 is 0 Å². The van der Waals surface area contributed by atoms with E-state index < -0.39 is 4.92 Å². The lowest BCUT2D eigenvalue weighted by Crippen LogP contribution is -1.94. The van der Waals surface area contributed by atoms with E-state index in [1.165, 1.54) is 12.1 Å². The Bertz CT molecular complexity index is 318. The standard InChI is InChI=1S/C9H9NO3/c1-7(6-11)8-2-4-9(5-3-8)10(12)13/h2-7H,1H3. The second-order valence-electron chi connectivity index (χ2n) is 2.77. The van der Waals surface area contributed by atoms with Gasteiger partial charge in [-0.2, -0.15) is 0 Å². The Morgan fingerprint density at radius 3 is 2.31 bits per heavy atom. The Labute approximate surface area is 75.3 Å². The van der Waals surface area contributed by atoms with Gasteiger partial charge >= 0.3 is 0 Å². The van der Waals surface area contributed by atoms with Gasteiger partial charge in [0, 0.05) is 18.1 Å². The number of benzene rings is 1. The molecule has 0 aromatic heterocycles. The first kappa shape index (κ1) is 9.38. The second kappa shape index (κ2) is 3.80. The molecule has 0 aliphatic rings. The van der Waals surface area contributed by atoms with E-state index in [1.54, 1.807) is 19.1 Å². The highest BCUT2D eigenvalue weighted by molar-refractivity contribution is 5.61. The number of aldehydes is 1. The van der Waals surface area contributed by atoms with Crippen LogP contribution in [0.25, 0.3) is 0 Å². The van der Waals surface area contributed by atoms with E-state index in [1.807, 2.05) is 0 Å². The molecule has 0 radical (unpaired) electrons. The van der Waals surface area contributed by atoms with Crippen LogP contribution in [0.4, 0.5) is 5.69 Å². The molecule has 0 fully saturated rings. The average Bonchev–Trinajstić information content (AvgIpc) is 2.17. The molecule has 13 heavy (non-hydrogen) atoms. The Kier molecular flexibility index (Phi) is 2.74. The number of hydrogen-bond acceptors (Lipinski definition) is 3. The van der Waals surface area contributed by atoms with Crippen LogP contribution in [0, 0.1) is 10.1 Å². The van der Waals surface area contributed by atoms with Gasteiger partial charge in [0.1, 0.15) is 6.29 Å². The lowest BCUT2D eigenvalue weighted by Gasteiger charge is -2.01. The fourth-order valence-electron chi connectivity index (χ4n) is 0.978. The van der Waals surface area contributed by atoms with Gasteiger partial charge in [0.2, 0.25) is 0 Å². The zero-order chi connectivity index (χ0) is 9.84. The van der Waals surface area contributed by atoms with Gasteiger partial charge in [-0.25, -0.2) is 0 Å². The molecule has 1 unspecified atom stereocenters. The Morgan fingerprint density at radius 1 is 1.38 bits per heavy atom. The summed E-state index contributed by atoms with van der Waals surface area (Å²) in [7, 11) is 0. The van der Waals surface area contributed by atoms with Crippen molar-refractivity contribution >= 4 is 12.0 Å². The number of nitro groups is 1. The smallest absolute Gasteiger partial charge is 0.269 e. The van der Waals surface area contributed by atoms with Crippen LogP contribution in [0.5, 0.6) is 0 Å². The summed E-state index contributed by atoms with van der Waals surface area (Å²) in [4.78, 5) is 20.2. The van der Waals surface area contributed by atoms with E-state index in [2.05, 4.69) is 0 Å². The van der Waals surface area contributed by atoms with E-state index in [-0.39, 0.29) is 11.6 Å². The van der Waals surface area contributed by atoms with Crippen molar-refractivity contribution in [3.05, 3.63) is 39.9 Å². The van der Waals surface area contributed by atoms with Crippen molar-refractivity contribution in [1.82, 2.24) is 0 Å². The first-order valence-electron chi connectivity index (χ1n) is 3.85. The lowest BCUT2D eigenvalue weighted by molar-refractivity contribution is -0.384. The molecule has 4 nitrogen and oxygen atoms in total. The second-order valence-corrected chi connectivity index (χ2v) is 2.77. The highest BCUT2D eigenvalue weighted by atomic mass is 16.6. The van der Waals surface area contributed by atoms with Crippen molar-refractivity contribution in [1.29, 1.82) is 0 Å². The minimum absolute atomic E-state index is 0.0434. The van der Waals surface area contributed by atoms with Crippen LogP contribution in [-0.4, -0.2) is 11.2 Å². The first-order chi connectivity index (χ1) is 6.15. The van der Waals surface area contributed by atoms with E-state index >= 15 is 0 Å². The van der Waals surface area contributed by atoms with E-state index in [0.717, 1.165) is 11.8 Å². The Balaban J connectivity index is 2.93. The summed E-state index contributed by atoms with van der Waals surface area (Å²) in [6.07, 6.45) is 0.807. The van der Waals surface area contributed by atoms with Gasteiger partial charge in [0.05, 0.1) is 4.92 Å². The van der Waals surface area contributed by atoms with Crippen molar-refractivity contribution in [3.63, 3.8) is 0 Å². The molecule has 1 aromatic rings. The number of carbonyl (C=O) groups excluding carboxylic acids is 1.